The van der Waals surface area contributed by atoms with E-state index in [-0.39, 0.29) is 64.2 Å². The second-order valence-electron chi connectivity index (χ2n) is 20.8. The van der Waals surface area contributed by atoms with Crippen LogP contribution >= 0.6 is 34.3 Å². The lowest BCUT2D eigenvalue weighted by atomic mass is 9.85. The second kappa shape index (κ2) is 28.6. The number of rotatable bonds is 28. The average molecular weight is 1170 g/mol. The molecule has 0 unspecified atom stereocenters. The molecule has 0 radical (unpaired) electrons. The van der Waals surface area contributed by atoms with E-state index in [2.05, 4.69) is 55.3 Å². The summed E-state index contributed by atoms with van der Waals surface area (Å²) in [5.41, 5.74) is 8.44. The number of aromatic nitrogens is 7. The zero-order valence-electron chi connectivity index (χ0n) is 46.7. The molecule has 2 aliphatic heterocycles. The maximum absolute atomic E-state index is 14.0. The number of thiazole rings is 1. The van der Waals surface area contributed by atoms with Crippen LogP contribution in [0.15, 0.2) is 65.2 Å². The molecule has 4 amide bonds. The zero-order chi connectivity index (χ0) is 57.6. The molecular formula is C56H71ClN12O10S2. The Bertz CT molecular complexity index is 3120. The minimum Gasteiger partial charge on any atom is -0.391 e. The molecule has 0 spiro atoms. The number of halogens is 1. The molecule has 6 aromatic rings. The lowest BCUT2D eigenvalue weighted by Crippen LogP contribution is -2.58. The average Bonchev–Trinajstić information content (AvgIpc) is 3.78. The highest BCUT2D eigenvalue weighted by atomic mass is 35.5. The number of nitrogens with one attached hydrogen (secondary N) is 3. The van der Waals surface area contributed by atoms with Gasteiger partial charge in [0.25, 0.3) is 0 Å². The predicted octanol–water partition coefficient (Wildman–Crippen LogP) is 5.42. The molecule has 8 rings (SSSR count). The smallest absolute Gasteiger partial charge is 0.246 e. The lowest BCUT2D eigenvalue weighted by Gasteiger charge is -2.35. The number of aliphatic hydroxyl groups is 1. The molecule has 22 nitrogen and oxygen atoms in total. The summed E-state index contributed by atoms with van der Waals surface area (Å²) in [6.07, 6.45) is 1.06. The fourth-order valence-corrected chi connectivity index (χ4v) is 11.5. The number of carbonyl (C=O) groups excluding carboxylic acids is 4. The number of fused-ring (bicyclic) bond motifs is 3. The molecule has 4 atom stereocenters. The van der Waals surface area contributed by atoms with Crippen LogP contribution in [0.2, 0.25) is 5.02 Å². The molecule has 434 valence electrons. The number of aryl methyl sites for hydroxylation is 3. The van der Waals surface area contributed by atoms with Crippen LogP contribution in [0.4, 0.5) is 0 Å². The molecule has 4 N–H and O–H groups in total. The van der Waals surface area contributed by atoms with Crippen molar-refractivity contribution in [3.8, 4) is 15.4 Å². The summed E-state index contributed by atoms with van der Waals surface area (Å²) in [6.45, 7) is 16.9. The SMILES string of the molecule is Cc1ncsc1-c1ccc(CNC(=O)[C@@H]2C[C@@H](O)CN2C(=O)[C@@H](NC(=O)COCCOCCOCCOCCOCc2cn(CCNC(=O)C[C@@H]3N=C(c4ccc(Cl)cc4)c4c(sc(C)c4C)-n4c(C)nnc43)nn2)C(C)(C)C)cc1. The molecular weight excluding hydrogens is 1100 g/mol. The topological polar surface area (TPSA) is 261 Å². The van der Waals surface area contributed by atoms with Crippen molar-refractivity contribution in [3.63, 3.8) is 0 Å². The summed E-state index contributed by atoms with van der Waals surface area (Å²) in [5, 5.41) is 38.1. The van der Waals surface area contributed by atoms with Crippen molar-refractivity contribution in [3.05, 3.63) is 115 Å². The van der Waals surface area contributed by atoms with Crippen molar-refractivity contribution >= 4 is 63.6 Å². The van der Waals surface area contributed by atoms with Gasteiger partial charge in [-0.2, -0.15) is 0 Å². The van der Waals surface area contributed by atoms with Gasteiger partial charge in [0.05, 0.1) is 107 Å². The standard InChI is InChI=1S/C56H71ClN12O10S2/c1-34-36(3)81-55-48(34)49(39-12-14-41(57)15-13-39)61-44(52-65-63-37(4)69(52)55)27-46(71)58-16-17-67-29-42(64-66-67)31-78-24-22-76-20-18-75-19-21-77-23-25-79-32-47(72)62-51(56(5,6)7)54(74)68-30-43(70)26-45(68)53(73)59-28-38-8-10-40(11-9-38)50-35(2)60-33-80-50/h8-15,29,33,43-45,51,70H,16-28,30-32H2,1-7H3,(H,58,71)(H,59,73)(H,62,72)/t43-,44+,45+,51-/m1/s1. The Kier molecular flexibility index (Phi) is 21.4. The first-order valence-electron chi connectivity index (χ1n) is 26.9. The van der Waals surface area contributed by atoms with Gasteiger partial charge in [0.2, 0.25) is 23.6 Å². The molecule has 1 saturated heterocycles. The summed E-state index contributed by atoms with van der Waals surface area (Å²) < 4.78 is 31.7. The minimum atomic E-state index is -0.976. The number of aliphatic hydroxyl groups excluding tert-OH is 1. The molecule has 1 fully saturated rings. The Morgan fingerprint density at radius 3 is 2.16 bits per heavy atom. The molecule has 2 aromatic carbocycles. The van der Waals surface area contributed by atoms with Gasteiger partial charge in [0, 0.05) is 47.1 Å². The van der Waals surface area contributed by atoms with Crippen LogP contribution in [0, 0.1) is 33.1 Å². The zero-order valence-corrected chi connectivity index (χ0v) is 49.1. The van der Waals surface area contributed by atoms with E-state index in [1.807, 2.05) is 93.2 Å². The van der Waals surface area contributed by atoms with E-state index < -0.39 is 41.5 Å². The largest absolute Gasteiger partial charge is 0.391 e. The van der Waals surface area contributed by atoms with Crippen molar-refractivity contribution in [2.24, 2.45) is 10.4 Å². The quantitative estimate of drug-likeness (QED) is 0.0447. The van der Waals surface area contributed by atoms with Crippen LogP contribution in [-0.4, -0.2) is 165 Å². The second-order valence-corrected chi connectivity index (χ2v) is 23.3. The molecule has 0 saturated carbocycles. The Morgan fingerprint density at radius 1 is 0.827 bits per heavy atom. The first-order chi connectivity index (χ1) is 38.9. The van der Waals surface area contributed by atoms with Crippen LogP contribution in [0.25, 0.3) is 15.4 Å². The first-order valence-corrected chi connectivity index (χ1v) is 29.0. The third-order valence-corrected chi connectivity index (χ3v) is 16.1. The van der Waals surface area contributed by atoms with Crippen LogP contribution in [0.3, 0.4) is 0 Å². The maximum atomic E-state index is 14.0. The summed E-state index contributed by atoms with van der Waals surface area (Å²) in [4.78, 5) is 66.9. The number of thiophene rings is 1. The van der Waals surface area contributed by atoms with E-state index >= 15 is 0 Å². The molecule has 6 heterocycles. The monoisotopic (exact) mass is 1170 g/mol. The van der Waals surface area contributed by atoms with Gasteiger partial charge >= 0.3 is 0 Å². The van der Waals surface area contributed by atoms with Gasteiger partial charge in [-0.1, -0.05) is 74.0 Å². The molecule has 25 heteroatoms. The molecule has 2 aliphatic rings. The van der Waals surface area contributed by atoms with Gasteiger partial charge in [-0.05, 0) is 61.9 Å². The number of likely N-dealkylation sites (tertiary alicyclic amines) is 1. The summed E-state index contributed by atoms with van der Waals surface area (Å²) >= 11 is 9.47. The fourth-order valence-electron chi connectivity index (χ4n) is 9.31. The number of amides is 4. The van der Waals surface area contributed by atoms with Crippen LogP contribution in [0.1, 0.15) is 89.8 Å². The van der Waals surface area contributed by atoms with Gasteiger partial charge in [0.15, 0.2) is 5.82 Å². The van der Waals surface area contributed by atoms with Crippen molar-refractivity contribution in [2.75, 3.05) is 72.6 Å². The van der Waals surface area contributed by atoms with Crippen molar-refractivity contribution in [1.82, 2.24) is 55.6 Å². The Labute approximate surface area is 483 Å². The Balaban J connectivity index is 0.647. The van der Waals surface area contributed by atoms with Crippen LogP contribution < -0.4 is 16.0 Å². The third-order valence-electron chi connectivity index (χ3n) is 13.7. The van der Waals surface area contributed by atoms with Gasteiger partial charge in [-0.25, -0.2) is 4.98 Å². The number of ether oxygens (including phenoxy) is 5. The summed E-state index contributed by atoms with van der Waals surface area (Å²) in [7, 11) is 0. The molecule has 0 aliphatic carbocycles. The Hall–Kier alpha value is -6.35. The minimum absolute atomic E-state index is 0.0251. The van der Waals surface area contributed by atoms with Gasteiger partial charge < -0.3 is 49.6 Å². The van der Waals surface area contributed by atoms with Crippen molar-refractivity contribution < 1.29 is 48.0 Å². The number of aliphatic imine (C=N–C) groups is 1. The number of benzene rings is 2. The van der Waals surface area contributed by atoms with Crippen LogP contribution in [-0.2, 0) is 62.6 Å². The number of β-amino-alcohol motifs (C(OH)–C–C–N with tert-alkyl or cyclic N) is 1. The normalized spacial score (nSPS) is 16.4. The third kappa shape index (κ3) is 16.2. The summed E-state index contributed by atoms with van der Waals surface area (Å²) in [6, 6.07) is 13.0. The first kappa shape index (κ1) is 60.7. The fraction of sp³-hybridized carbons (Fsp3) is 0.500. The van der Waals surface area contributed by atoms with Crippen LogP contribution in [0.5, 0.6) is 0 Å². The summed E-state index contributed by atoms with van der Waals surface area (Å²) in [5.74, 6) is -0.174. The molecule has 0 bridgehead atoms. The Morgan fingerprint density at radius 2 is 1.49 bits per heavy atom. The van der Waals surface area contributed by atoms with E-state index in [0.29, 0.717) is 69.3 Å². The predicted molar refractivity (Wildman–Crippen MR) is 306 cm³/mol. The maximum Gasteiger partial charge on any atom is 0.246 e. The molecule has 81 heavy (non-hydrogen) atoms. The lowest BCUT2D eigenvalue weighted by molar-refractivity contribution is -0.144. The van der Waals surface area contributed by atoms with E-state index in [0.717, 1.165) is 54.9 Å². The number of carbonyl (C=O) groups is 4. The molecule has 4 aromatic heterocycles. The van der Waals surface area contributed by atoms with E-state index in [4.69, 9.17) is 40.3 Å². The number of hydrogen-bond acceptors (Lipinski definition) is 18. The highest BCUT2D eigenvalue weighted by molar-refractivity contribution is 7.15. The highest BCUT2D eigenvalue weighted by Crippen LogP contribution is 2.40. The van der Waals surface area contributed by atoms with E-state index in [1.165, 1.54) is 9.78 Å². The highest BCUT2D eigenvalue weighted by Gasteiger charge is 2.44. The van der Waals surface area contributed by atoms with Gasteiger partial charge in [-0.3, -0.25) is 33.4 Å². The number of hydrogen-bond donors (Lipinski definition) is 4. The van der Waals surface area contributed by atoms with Crippen molar-refractivity contribution in [1.29, 1.82) is 0 Å². The van der Waals surface area contributed by atoms with Gasteiger partial charge in [0.1, 0.15) is 41.3 Å². The van der Waals surface area contributed by atoms with Gasteiger partial charge in [-0.15, -0.1) is 38.0 Å². The van der Waals surface area contributed by atoms with E-state index in [1.54, 1.807) is 33.6 Å². The number of nitrogens with zero attached hydrogens (tertiary/aromatic N) is 9. The van der Waals surface area contributed by atoms with E-state index in [9.17, 15) is 24.3 Å². The van der Waals surface area contributed by atoms with Crippen molar-refractivity contribution in [2.45, 2.75) is 105 Å².